The Morgan fingerprint density at radius 2 is 1.70 bits per heavy atom. The molecule has 0 amide bonds. The second-order valence-electron chi connectivity index (χ2n) is 7.13. The summed E-state index contributed by atoms with van der Waals surface area (Å²) in [6, 6.07) is 22.9. The summed E-state index contributed by atoms with van der Waals surface area (Å²) in [6.45, 7) is 4.67. The molecule has 0 spiro atoms. The number of nitrogens with zero attached hydrogens (tertiary/aromatic N) is 2. The molecule has 4 aromatic rings. The fourth-order valence-electron chi connectivity index (χ4n) is 3.63. The molecule has 1 heterocycles. The molecular weight excluding hydrogens is 376 g/mol. The largest absolute Gasteiger partial charge is 0.468 e. The van der Waals surface area contributed by atoms with Gasteiger partial charge < -0.3 is 9.47 Å². The van der Waals surface area contributed by atoms with Crippen molar-refractivity contribution in [1.29, 1.82) is 0 Å². The van der Waals surface area contributed by atoms with Crippen molar-refractivity contribution < 1.29 is 14.3 Å². The lowest BCUT2D eigenvalue weighted by Gasteiger charge is -2.10. The molecule has 0 aliphatic carbocycles. The number of aryl methyl sites for hydroxylation is 1. The highest BCUT2D eigenvalue weighted by Crippen LogP contribution is 2.28. The summed E-state index contributed by atoms with van der Waals surface area (Å²) in [6.07, 6.45) is 0. The monoisotopic (exact) mass is 400 g/mol. The molecule has 5 nitrogen and oxygen atoms in total. The van der Waals surface area contributed by atoms with Crippen LogP contribution >= 0.6 is 0 Å². The van der Waals surface area contributed by atoms with Gasteiger partial charge in [0.2, 0.25) is 0 Å². The van der Waals surface area contributed by atoms with Gasteiger partial charge in [-0.25, -0.2) is 4.79 Å². The van der Waals surface area contributed by atoms with Crippen LogP contribution in [-0.4, -0.2) is 29.2 Å². The number of methoxy groups -OCH3 is 1. The van der Waals surface area contributed by atoms with Crippen molar-refractivity contribution >= 4 is 17.0 Å². The second-order valence-corrected chi connectivity index (χ2v) is 7.13. The lowest BCUT2D eigenvalue weighted by atomic mass is 10.0. The summed E-state index contributed by atoms with van der Waals surface area (Å²) in [5.74, 6) is -0.332. The van der Waals surface area contributed by atoms with Crippen LogP contribution in [0.3, 0.4) is 0 Å². The molecule has 0 aliphatic rings. The Morgan fingerprint density at radius 3 is 2.37 bits per heavy atom. The molecule has 0 atom stereocenters. The zero-order chi connectivity index (χ0) is 21.1. The SMILES string of the molecule is CCOC(=O)c1cc(C)c2nc(OC)n(Cc3ccc(-c4ccccc4)cc3)c2c1. The summed E-state index contributed by atoms with van der Waals surface area (Å²) < 4.78 is 12.7. The minimum atomic E-state index is -0.332. The van der Waals surface area contributed by atoms with Crippen molar-refractivity contribution in [2.75, 3.05) is 13.7 Å². The first-order chi connectivity index (χ1) is 14.6. The van der Waals surface area contributed by atoms with Crippen molar-refractivity contribution in [2.45, 2.75) is 20.4 Å². The molecule has 0 radical (unpaired) electrons. The molecule has 0 N–H and O–H groups in total. The van der Waals surface area contributed by atoms with E-state index in [1.807, 2.05) is 41.8 Å². The Kier molecular flexibility index (Phi) is 5.53. The average molecular weight is 400 g/mol. The number of esters is 1. The Balaban J connectivity index is 1.71. The summed E-state index contributed by atoms with van der Waals surface area (Å²) in [5, 5.41) is 0. The first kappa shape index (κ1) is 19.7. The van der Waals surface area contributed by atoms with E-state index in [4.69, 9.17) is 9.47 Å². The molecule has 0 unspecified atom stereocenters. The van der Waals surface area contributed by atoms with Crippen molar-refractivity contribution in [3.63, 3.8) is 0 Å². The minimum absolute atomic E-state index is 0.332. The second kappa shape index (κ2) is 8.41. The van der Waals surface area contributed by atoms with E-state index < -0.39 is 0 Å². The summed E-state index contributed by atoms with van der Waals surface area (Å²) in [4.78, 5) is 16.9. The number of hydrogen-bond acceptors (Lipinski definition) is 4. The Morgan fingerprint density at radius 1 is 1.00 bits per heavy atom. The van der Waals surface area contributed by atoms with Gasteiger partial charge in [-0.15, -0.1) is 0 Å². The van der Waals surface area contributed by atoms with E-state index in [0.29, 0.717) is 24.7 Å². The van der Waals surface area contributed by atoms with Gasteiger partial charge >= 0.3 is 5.97 Å². The maximum absolute atomic E-state index is 12.3. The highest BCUT2D eigenvalue weighted by molar-refractivity contribution is 5.95. The third-order valence-electron chi connectivity index (χ3n) is 5.10. The molecule has 0 bridgehead atoms. The molecule has 152 valence electrons. The summed E-state index contributed by atoms with van der Waals surface area (Å²) in [5.41, 5.74) is 6.57. The molecular formula is C25H24N2O3. The zero-order valence-corrected chi connectivity index (χ0v) is 17.4. The van der Waals surface area contributed by atoms with Crippen LogP contribution in [0.4, 0.5) is 0 Å². The predicted molar refractivity (Wildman–Crippen MR) is 118 cm³/mol. The molecule has 1 aromatic heterocycles. The first-order valence-electron chi connectivity index (χ1n) is 9.97. The van der Waals surface area contributed by atoms with Gasteiger partial charge in [0.05, 0.1) is 36.9 Å². The third-order valence-corrected chi connectivity index (χ3v) is 5.10. The van der Waals surface area contributed by atoms with Crippen LogP contribution in [0.5, 0.6) is 6.01 Å². The number of hydrogen-bond donors (Lipinski definition) is 0. The standard InChI is InChI=1S/C25H24N2O3/c1-4-30-24(28)21-14-17(2)23-22(15-21)27(25(26-23)29-3)16-18-10-12-20(13-11-18)19-8-6-5-7-9-19/h5-15H,4,16H2,1-3H3. The predicted octanol–water partition coefficient (Wildman–Crippen LogP) is 5.25. The van der Waals surface area contributed by atoms with Gasteiger partial charge in [0, 0.05) is 0 Å². The number of fused-ring (bicyclic) bond motifs is 1. The lowest BCUT2D eigenvalue weighted by molar-refractivity contribution is 0.0526. The van der Waals surface area contributed by atoms with Gasteiger partial charge in [-0.1, -0.05) is 54.6 Å². The van der Waals surface area contributed by atoms with Gasteiger partial charge in [-0.05, 0) is 48.2 Å². The van der Waals surface area contributed by atoms with Crippen LogP contribution in [0.2, 0.25) is 0 Å². The van der Waals surface area contributed by atoms with Crippen molar-refractivity contribution in [2.24, 2.45) is 0 Å². The maximum atomic E-state index is 12.3. The van der Waals surface area contributed by atoms with E-state index >= 15 is 0 Å². The van der Waals surface area contributed by atoms with Gasteiger partial charge in [0.25, 0.3) is 6.01 Å². The molecule has 0 saturated carbocycles. The number of aromatic nitrogens is 2. The smallest absolute Gasteiger partial charge is 0.338 e. The van der Waals surface area contributed by atoms with Crippen molar-refractivity contribution in [3.8, 4) is 17.1 Å². The Hall–Kier alpha value is -3.60. The summed E-state index contributed by atoms with van der Waals surface area (Å²) in [7, 11) is 1.61. The van der Waals surface area contributed by atoms with Crippen LogP contribution in [0, 0.1) is 6.92 Å². The number of benzene rings is 3. The van der Waals surface area contributed by atoms with Crippen LogP contribution in [-0.2, 0) is 11.3 Å². The topological polar surface area (TPSA) is 53.4 Å². The number of rotatable bonds is 6. The highest BCUT2D eigenvalue weighted by atomic mass is 16.5. The average Bonchev–Trinajstić information content (AvgIpc) is 3.13. The molecule has 5 heteroatoms. The van der Waals surface area contributed by atoms with Crippen LogP contribution < -0.4 is 4.74 Å². The third kappa shape index (κ3) is 3.79. The molecule has 4 rings (SSSR count). The number of carbonyl (C=O) groups excluding carboxylic acids is 1. The maximum Gasteiger partial charge on any atom is 0.338 e. The Bertz CT molecular complexity index is 1180. The molecule has 30 heavy (non-hydrogen) atoms. The van der Waals surface area contributed by atoms with Gasteiger partial charge in [0.1, 0.15) is 0 Å². The fraction of sp³-hybridized carbons (Fsp3) is 0.200. The number of carbonyl (C=O) groups is 1. The first-order valence-corrected chi connectivity index (χ1v) is 9.97. The van der Waals surface area contributed by atoms with Gasteiger partial charge in [-0.3, -0.25) is 4.57 Å². The minimum Gasteiger partial charge on any atom is -0.468 e. The van der Waals surface area contributed by atoms with Crippen molar-refractivity contribution in [1.82, 2.24) is 9.55 Å². The van der Waals surface area contributed by atoms with E-state index in [9.17, 15) is 4.79 Å². The van der Waals surface area contributed by atoms with Crippen LogP contribution in [0.1, 0.15) is 28.4 Å². The lowest BCUT2D eigenvalue weighted by Crippen LogP contribution is -2.06. The van der Waals surface area contributed by atoms with Gasteiger partial charge in [-0.2, -0.15) is 4.98 Å². The van der Waals surface area contributed by atoms with Gasteiger partial charge in [0.15, 0.2) is 0 Å². The molecule has 0 saturated heterocycles. The van der Waals surface area contributed by atoms with E-state index in [1.54, 1.807) is 14.0 Å². The number of ether oxygens (including phenoxy) is 2. The fourth-order valence-corrected chi connectivity index (χ4v) is 3.63. The normalized spacial score (nSPS) is 10.9. The zero-order valence-electron chi connectivity index (χ0n) is 17.4. The molecule has 0 fully saturated rings. The highest BCUT2D eigenvalue weighted by Gasteiger charge is 2.17. The van der Waals surface area contributed by atoms with E-state index in [1.165, 1.54) is 11.1 Å². The Labute approximate surface area is 175 Å². The van der Waals surface area contributed by atoms with Crippen molar-refractivity contribution in [3.05, 3.63) is 83.4 Å². The van der Waals surface area contributed by atoms with E-state index in [0.717, 1.165) is 22.2 Å². The van der Waals surface area contributed by atoms with E-state index in [2.05, 4.69) is 41.4 Å². The van der Waals surface area contributed by atoms with Crippen LogP contribution in [0.15, 0.2) is 66.7 Å². The van der Waals surface area contributed by atoms with E-state index in [-0.39, 0.29) is 5.97 Å². The quantitative estimate of drug-likeness (QED) is 0.415. The van der Waals surface area contributed by atoms with Crippen LogP contribution in [0.25, 0.3) is 22.2 Å². The summed E-state index contributed by atoms with van der Waals surface area (Å²) >= 11 is 0. The molecule has 0 aliphatic heterocycles. The number of imidazole rings is 1. The molecule has 3 aromatic carbocycles.